The van der Waals surface area contributed by atoms with Crippen LogP contribution in [0.5, 0.6) is 0 Å². The Morgan fingerprint density at radius 1 is 1.55 bits per heavy atom. The number of aryl methyl sites for hydroxylation is 1. The lowest BCUT2D eigenvalue weighted by atomic mass is 10.1. The van der Waals surface area contributed by atoms with E-state index in [2.05, 4.69) is 15.3 Å². The summed E-state index contributed by atoms with van der Waals surface area (Å²) in [6, 6.07) is 0. The van der Waals surface area contributed by atoms with Gasteiger partial charge in [-0.3, -0.25) is 9.59 Å². The maximum Gasteiger partial charge on any atom is 0.262 e. The lowest BCUT2D eigenvalue weighted by Crippen LogP contribution is -2.35. The van der Waals surface area contributed by atoms with Crippen LogP contribution in [-0.2, 0) is 0 Å². The van der Waals surface area contributed by atoms with Crippen LogP contribution in [0.3, 0.4) is 0 Å². The van der Waals surface area contributed by atoms with Gasteiger partial charge >= 0.3 is 0 Å². The molecule has 0 spiro atoms. The molecule has 7 heteroatoms. The van der Waals surface area contributed by atoms with E-state index >= 15 is 0 Å². The quantitative estimate of drug-likeness (QED) is 0.758. The first-order valence-corrected chi connectivity index (χ1v) is 6.35. The number of nitrogens with zero attached hydrogens (tertiary/aromatic N) is 1. The zero-order valence-electron chi connectivity index (χ0n) is 11.6. The fraction of sp³-hybridized carbons (Fsp3) is 0.462. The van der Waals surface area contributed by atoms with Crippen LogP contribution in [0.2, 0.25) is 0 Å². The Labute approximate surface area is 115 Å². The van der Waals surface area contributed by atoms with Gasteiger partial charge in [-0.05, 0) is 12.8 Å². The normalized spacial score (nSPS) is 12.8. The van der Waals surface area contributed by atoms with Crippen molar-refractivity contribution in [1.82, 2.24) is 15.3 Å². The number of aromatic amines is 1. The van der Waals surface area contributed by atoms with Crippen LogP contribution in [0.4, 0.5) is 0 Å². The molecule has 0 saturated heterocycles. The Morgan fingerprint density at radius 2 is 2.25 bits per heavy atom. The zero-order valence-corrected chi connectivity index (χ0v) is 11.6. The fourth-order valence-corrected chi connectivity index (χ4v) is 1.85. The highest BCUT2D eigenvalue weighted by Crippen LogP contribution is 2.20. The lowest BCUT2D eigenvalue weighted by molar-refractivity contribution is 0.0871. The molecule has 0 aromatic carbocycles. The molecule has 0 radical (unpaired) electrons. The van der Waals surface area contributed by atoms with Crippen LogP contribution in [0.25, 0.3) is 11.1 Å². The number of fused-ring (bicyclic) bond motifs is 1. The molecular weight excluding hydrogens is 262 g/mol. The van der Waals surface area contributed by atoms with Gasteiger partial charge in [0, 0.05) is 6.54 Å². The van der Waals surface area contributed by atoms with Crippen molar-refractivity contribution in [2.24, 2.45) is 5.92 Å². The first-order valence-electron chi connectivity index (χ1n) is 6.35. The monoisotopic (exact) mass is 279 g/mol. The van der Waals surface area contributed by atoms with Crippen molar-refractivity contribution in [3.8, 4) is 0 Å². The minimum absolute atomic E-state index is 0.0301. The number of aromatic nitrogens is 2. The highest BCUT2D eigenvalue weighted by atomic mass is 16.3. The Hall–Kier alpha value is -2.15. The largest absolute Gasteiger partial charge is 0.442 e. The van der Waals surface area contributed by atoms with Gasteiger partial charge in [0.1, 0.15) is 11.1 Å². The summed E-state index contributed by atoms with van der Waals surface area (Å²) in [5.41, 5.74) is -0.146. The molecule has 1 amide bonds. The maximum absolute atomic E-state index is 12.2. The molecule has 2 heterocycles. The van der Waals surface area contributed by atoms with Gasteiger partial charge in [-0.1, -0.05) is 13.8 Å². The molecule has 2 aromatic heterocycles. The second kappa shape index (κ2) is 5.46. The topological polar surface area (TPSA) is 108 Å². The summed E-state index contributed by atoms with van der Waals surface area (Å²) in [6.07, 6.45) is 0.575. The number of amides is 1. The van der Waals surface area contributed by atoms with Crippen LogP contribution in [-0.4, -0.2) is 33.6 Å². The number of hydrogen-bond donors (Lipinski definition) is 3. The second-order valence-electron chi connectivity index (χ2n) is 4.97. The predicted octanol–water partition coefficient (Wildman–Crippen LogP) is 0.571. The number of carbonyl (C=O) groups excluding carboxylic acids is 1. The molecule has 1 unspecified atom stereocenters. The van der Waals surface area contributed by atoms with Gasteiger partial charge in [0.25, 0.3) is 11.5 Å². The zero-order chi connectivity index (χ0) is 14.9. The molecule has 0 saturated carbocycles. The Balaban J connectivity index is 2.31. The highest BCUT2D eigenvalue weighted by Gasteiger charge is 2.22. The summed E-state index contributed by atoms with van der Waals surface area (Å²) in [5, 5.41) is 12.4. The summed E-state index contributed by atoms with van der Waals surface area (Å²) >= 11 is 0. The molecule has 20 heavy (non-hydrogen) atoms. The van der Waals surface area contributed by atoms with Crippen molar-refractivity contribution in [2.45, 2.75) is 26.9 Å². The Morgan fingerprint density at radius 3 is 2.90 bits per heavy atom. The third-order valence-electron chi connectivity index (χ3n) is 3.14. The van der Waals surface area contributed by atoms with Crippen LogP contribution >= 0.6 is 0 Å². The molecule has 0 aliphatic heterocycles. The summed E-state index contributed by atoms with van der Waals surface area (Å²) in [7, 11) is 0. The standard InChI is InChI=1S/C13H17N3O4/c1-6(2)8(17)4-14-11(18)9-7(3)20-13-10(9)12(19)15-5-16-13/h5-6,8,17H,4H2,1-3H3,(H,14,18)(H,15,16,19). The minimum Gasteiger partial charge on any atom is -0.442 e. The molecule has 0 aliphatic carbocycles. The molecule has 7 nitrogen and oxygen atoms in total. The molecule has 2 aromatic rings. The van der Waals surface area contributed by atoms with Crippen molar-refractivity contribution in [3.05, 3.63) is 28.0 Å². The van der Waals surface area contributed by atoms with Gasteiger partial charge in [0.05, 0.1) is 18.0 Å². The Bertz CT molecular complexity index is 686. The molecule has 0 fully saturated rings. The molecule has 108 valence electrons. The number of furan rings is 1. The number of aliphatic hydroxyl groups is 1. The lowest BCUT2D eigenvalue weighted by Gasteiger charge is -2.14. The molecule has 0 aliphatic rings. The summed E-state index contributed by atoms with van der Waals surface area (Å²) in [4.78, 5) is 30.2. The van der Waals surface area contributed by atoms with Crippen LogP contribution in [0, 0.1) is 12.8 Å². The average molecular weight is 279 g/mol. The van der Waals surface area contributed by atoms with Crippen LogP contribution < -0.4 is 10.9 Å². The predicted molar refractivity (Wildman–Crippen MR) is 72.5 cm³/mol. The number of aliphatic hydroxyl groups excluding tert-OH is 1. The van der Waals surface area contributed by atoms with Gasteiger partial charge in [0.15, 0.2) is 0 Å². The van der Waals surface area contributed by atoms with Crippen LogP contribution in [0.15, 0.2) is 15.5 Å². The van der Waals surface area contributed by atoms with Crippen molar-refractivity contribution < 1.29 is 14.3 Å². The highest BCUT2D eigenvalue weighted by molar-refractivity contribution is 6.06. The van der Waals surface area contributed by atoms with E-state index in [0.717, 1.165) is 0 Å². The van der Waals surface area contributed by atoms with Crippen LogP contribution in [0.1, 0.15) is 30.0 Å². The molecule has 0 bridgehead atoms. The second-order valence-corrected chi connectivity index (χ2v) is 4.97. The maximum atomic E-state index is 12.2. The number of H-pyrrole nitrogens is 1. The SMILES string of the molecule is Cc1oc2nc[nH]c(=O)c2c1C(=O)NCC(O)C(C)C. The first kappa shape index (κ1) is 14.3. The average Bonchev–Trinajstić information content (AvgIpc) is 2.73. The number of carbonyl (C=O) groups is 1. The van der Waals surface area contributed by atoms with E-state index in [0.29, 0.717) is 5.76 Å². The van der Waals surface area contributed by atoms with Gasteiger partial charge in [-0.25, -0.2) is 4.98 Å². The van der Waals surface area contributed by atoms with Crippen molar-refractivity contribution >= 4 is 17.0 Å². The third kappa shape index (κ3) is 2.57. The van der Waals surface area contributed by atoms with E-state index in [1.54, 1.807) is 6.92 Å². The summed E-state index contributed by atoms with van der Waals surface area (Å²) < 4.78 is 5.30. The smallest absolute Gasteiger partial charge is 0.262 e. The summed E-state index contributed by atoms with van der Waals surface area (Å²) in [5.74, 6) is -0.109. The van der Waals surface area contributed by atoms with Gasteiger partial charge < -0.3 is 19.8 Å². The fourth-order valence-electron chi connectivity index (χ4n) is 1.85. The summed E-state index contributed by atoms with van der Waals surface area (Å²) in [6.45, 7) is 5.41. The van der Waals surface area contributed by atoms with Gasteiger partial charge in [-0.2, -0.15) is 0 Å². The van der Waals surface area contributed by atoms with Gasteiger partial charge in [-0.15, -0.1) is 0 Å². The first-order chi connectivity index (χ1) is 9.41. The molecule has 3 N–H and O–H groups in total. The van der Waals surface area contributed by atoms with E-state index in [4.69, 9.17) is 4.42 Å². The molecular formula is C13H17N3O4. The van der Waals surface area contributed by atoms with E-state index in [1.807, 2.05) is 13.8 Å². The van der Waals surface area contributed by atoms with E-state index in [1.165, 1.54) is 6.33 Å². The molecule has 1 atom stereocenters. The van der Waals surface area contributed by atoms with E-state index in [9.17, 15) is 14.7 Å². The third-order valence-corrected chi connectivity index (χ3v) is 3.14. The van der Waals surface area contributed by atoms with Crippen molar-refractivity contribution in [1.29, 1.82) is 0 Å². The minimum atomic E-state index is -0.645. The molecule has 2 rings (SSSR count). The van der Waals surface area contributed by atoms with Gasteiger partial charge in [0.2, 0.25) is 5.71 Å². The number of hydrogen-bond acceptors (Lipinski definition) is 5. The van der Waals surface area contributed by atoms with E-state index < -0.39 is 17.6 Å². The van der Waals surface area contributed by atoms with Crippen molar-refractivity contribution in [2.75, 3.05) is 6.54 Å². The Kier molecular flexibility index (Phi) is 3.89. The van der Waals surface area contributed by atoms with Crippen molar-refractivity contribution in [3.63, 3.8) is 0 Å². The number of nitrogens with one attached hydrogen (secondary N) is 2. The van der Waals surface area contributed by atoms with E-state index in [-0.39, 0.29) is 29.1 Å². The number of rotatable bonds is 4.